The fourth-order valence-corrected chi connectivity index (χ4v) is 2.70. The summed E-state index contributed by atoms with van der Waals surface area (Å²) in [6.07, 6.45) is 16.9. The van der Waals surface area contributed by atoms with Crippen molar-refractivity contribution in [1.29, 1.82) is 0 Å². The molecule has 4 heteroatoms. The van der Waals surface area contributed by atoms with Gasteiger partial charge in [0.15, 0.2) is 0 Å². The molecule has 0 radical (unpaired) electrons. The summed E-state index contributed by atoms with van der Waals surface area (Å²) in [6, 6.07) is 0. The van der Waals surface area contributed by atoms with Crippen molar-refractivity contribution < 1.29 is 16.9 Å². The van der Waals surface area contributed by atoms with Gasteiger partial charge in [-0.3, -0.25) is 0 Å². The molecular formula is C19H44Cl2N2. The quantitative estimate of drug-likeness (QED) is 0.325. The Morgan fingerprint density at radius 2 is 1.00 bits per heavy atom. The zero-order valence-electron chi connectivity index (χ0n) is 16.3. The third-order valence-corrected chi connectivity index (χ3v) is 4.14. The molecule has 0 saturated carbocycles. The lowest BCUT2D eigenvalue weighted by molar-refractivity contribution is -0.870. The van der Waals surface area contributed by atoms with E-state index in [0.717, 1.165) is 4.48 Å². The van der Waals surface area contributed by atoms with Crippen LogP contribution >= 0.6 is 12.4 Å². The normalized spacial score (nSPS) is 11.0. The van der Waals surface area contributed by atoms with Crippen molar-refractivity contribution in [2.24, 2.45) is 0 Å². The number of unbranched alkanes of at least 4 members (excludes halogenated alkanes) is 10. The van der Waals surface area contributed by atoms with Crippen molar-refractivity contribution in [3.63, 3.8) is 0 Å². The highest BCUT2D eigenvalue weighted by Gasteiger charge is 2.04. The summed E-state index contributed by atoms with van der Waals surface area (Å²) in [5, 5.41) is 3.60. The van der Waals surface area contributed by atoms with Crippen molar-refractivity contribution in [3.05, 3.63) is 0 Å². The maximum Gasteiger partial charge on any atom is 0.0780 e. The predicted octanol–water partition coefficient (Wildman–Crippen LogP) is 2.41. The molecule has 0 saturated heterocycles. The van der Waals surface area contributed by atoms with E-state index in [4.69, 9.17) is 0 Å². The van der Waals surface area contributed by atoms with Crippen LogP contribution in [0, 0.1) is 0 Å². The second kappa shape index (κ2) is 20.5. The molecule has 0 aliphatic heterocycles. The van der Waals surface area contributed by atoms with E-state index < -0.39 is 0 Å². The van der Waals surface area contributed by atoms with Crippen LogP contribution in [0.5, 0.6) is 0 Å². The Balaban J connectivity index is -0.00000200. The molecule has 0 aliphatic rings. The molecule has 0 unspecified atom stereocenters. The first kappa shape index (κ1) is 28.3. The standard InChI is InChI=1S/C19H43N2.2ClH/c1-5-6-7-8-9-10-11-14-17-20-18-15-12-13-16-19-21(2,3)4;;/h20H,5-19H2,1-4H3;2*1H/q+1;;/p-1. The lowest BCUT2D eigenvalue weighted by Gasteiger charge is -2.23. The van der Waals surface area contributed by atoms with Crippen LogP contribution < -0.4 is 17.7 Å². The number of hydrogen-bond acceptors (Lipinski definition) is 1. The first-order valence-corrected chi connectivity index (χ1v) is 9.57. The molecule has 0 spiro atoms. The molecule has 0 atom stereocenters. The van der Waals surface area contributed by atoms with Gasteiger partial charge < -0.3 is 22.2 Å². The smallest absolute Gasteiger partial charge is 0.0780 e. The highest BCUT2D eigenvalue weighted by Crippen LogP contribution is 2.08. The molecular weight excluding hydrogens is 327 g/mol. The van der Waals surface area contributed by atoms with E-state index in [2.05, 4.69) is 33.4 Å². The minimum Gasteiger partial charge on any atom is -1.00 e. The van der Waals surface area contributed by atoms with Crippen LogP contribution in [0.1, 0.15) is 84.0 Å². The molecule has 0 rings (SSSR count). The van der Waals surface area contributed by atoms with Gasteiger partial charge in [-0.15, -0.1) is 12.4 Å². The van der Waals surface area contributed by atoms with Gasteiger partial charge in [-0.1, -0.05) is 58.3 Å². The molecule has 0 fully saturated rings. The molecule has 0 aliphatic carbocycles. The number of nitrogens with zero attached hydrogens (tertiary/aromatic N) is 1. The second-order valence-corrected chi connectivity index (χ2v) is 7.65. The zero-order valence-corrected chi connectivity index (χ0v) is 17.9. The van der Waals surface area contributed by atoms with E-state index >= 15 is 0 Å². The Kier molecular flexibility index (Phi) is 25.3. The average Bonchev–Trinajstić information content (AvgIpc) is 2.42. The molecule has 1 N–H and O–H groups in total. The van der Waals surface area contributed by atoms with E-state index in [1.54, 1.807) is 0 Å². The van der Waals surface area contributed by atoms with Gasteiger partial charge in [-0.25, -0.2) is 0 Å². The maximum absolute atomic E-state index is 3.60. The molecule has 0 aromatic carbocycles. The van der Waals surface area contributed by atoms with E-state index in [0.29, 0.717) is 0 Å². The molecule has 23 heavy (non-hydrogen) atoms. The van der Waals surface area contributed by atoms with Crippen LogP contribution in [0.4, 0.5) is 0 Å². The van der Waals surface area contributed by atoms with Crippen molar-refractivity contribution >= 4 is 12.4 Å². The molecule has 144 valence electrons. The molecule has 0 aromatic rings. The maximum atomic E-state index is 3.60. The van der Waals surface area contributed by atoms with Crippen LogP contribution in [-0.4, -0.2) is 45.3 Å². The number of halogens is 2. The Hall–Kier alpha value is 0.500. The monoisotopic (exact) mass is 370 g/mol. The van der Waals surface area contributed by atoms with Crippen LogP contribution in [0.15, 0.2) is 0 Å². The fourth-order valence-electron chi connectivity index (χ4n) is 2.70. The van der Waals surface area contributed by atoms with Crippen LogP contribution in [0.25, 0.3) is 0 Å². The summed E-state index contributed by atoms with van der Waals surface area (Å²) in [5.41, 5.74) is 0. The van der Waals surface area contributed by atoms with Gasteiger partial charge in [0.25, 0.3) is 0 Å². The lowest BCUT2D eigenvalue weighted by atomic mass is 10.1. The van der Waals surface area contributed by atoms with E-state index in [-0.39, 0.29) is 24.8 Å². The Labute approximate surface area is 159 Å². The van der Waals surface area contributed by atoms with Crippen LogP contribution in [0.3, 0.4) is 0 Å². The first-order chi connectivity index (χ1) is 10.1. The third-order valence-electron chi connectivity index (χ3n) is 4.14. The topological polar surface area (TPSA) is 12.0 Å². The van der Waals surface area contributed by atoms with Crippen LogP contribution in [0.2, 0.25) is 0 Å². The van der Waals surface area contributed by atoms with Crippen molar-refractivity contribution in [1.82, 2.24) is 5.32 Å². The number of hydrogen-bond donors (Lipinski definition) is 1. The highest BCUT2D eigenvalue weighted by molar-refractivity contribution is 5.85. The summed E-state index contributed by atoms with van der Waals surface area (Å²) in [6.45, 7) is 6.05. The molecule has 0 bridgehead atoms. The Morgan fingerprint density at radius 3 is 1.43 bits per heavy atom. The van der Waals surface area contributed by atoms with E-state index in [1.807, 2.05) is 0 Å². The summed E-state index contributed by atoms with van der Waals surface area (Å²) < 4.78 is 1.11. The fraction of sp³-hybridized carbons (Fsp3) is 1.00. The lowest BCUT2D eigenvalue weighted by Crippen LogP contribution is -3.00. The van der Waals surface area contributed by atoms with E-state index in [9.17, 15) is 0 Å². The third kappa shape index (κ3) is 27.6. The van der Waals surface area contributed by atoms with Crippen molar-refractivity contribution in [3.8, 4) is 0 Å². The Bertz CT molecular complexity index is 206. The van der Waals surface area contributed by atoms with Gasteiger partial charge >= 0.3 is 0 Å². The summed E-state index contributed by atoms with van der Waals surface area (Å²) in [4.78, 5) is 0. The largest absolute Gasteiger partial charge is 1.00 e. The van der Waals surface area contributed by atoms with Gasteiger partial charge in [0.1, 0.15) is 0 Å². The van der Waals surface area contributed by atoms with Gasteiger partial charge in [0, 0.05) is 0 Å². The van der Waals surface area contributed by atoms with Gasteiger partial charge in [0.2, 0.25) is 0 Å². The zero-order chi connectivity index (χ0) is 15.8. The average molecular weight is 371 g/mol. The van der Waals surface area contributed by atoms with Gasteiger partial charge in [-0.2, -0.15) is 0 Å². The summed E-state index contributed by atoms with van der Waals surface area (Å²) >= 11 is 0. The second-order valence-electron chi connectivity index (χ2n) is 7.65. The number of nitrogens with one attached hydrogen (secondary N) is 1. The number of rotatable bonds is 16. The van der Waals surface area contributed by atoms with Crippen LogP contribution in [-0.2, 0) is 0 Å². The minimum atomic E-state index is 0. The van der Waals surface area contributed by atoms with E-state index in [1.165, 1.54) is 96.7 Å². The minimum absolute atomic E-state index is 0. The summed E-state index contributed by atoms with van der Waals surface area (Å²) in [5.74, 6) is 0. The number of quaternary nitrogens is 1. The first-order valence-electron chi connectivity index (χ1n) is 9.57. The van der Waals surface area contributed by atoms with Gasteiger partial charge in [-0.05, 0) is 38.8 Å². The van der Waals surface area contributed by atoms with Crippen molar-refractivity contribution in [2.75, 3.05) is 40.8 Å². The molecule has 2 nitrogen and oxygen atoms in total. The highest BCUT2D eigenvalue weighted by atomic mass is 35.5. The molecule has 0 amide bonds. The summed E-state index contributed by atoms with van der Waals surface area (Å²) in [7, 11) is 6.85. The predicted molar refractivity (Wildman–Crippen MR) is 104 cm³/mol. The SMILES string of the molecule is CCCCCCCCCCNCCCCCC[N+](C)(C)C.Cl.[Cl-]. The molecule has 0 aromatic heterocycles. The Morgan fingerprint density at radius 1 is 0.609 bits per heavy atom. The van der Waals surface area contributed by atoms with Gasteiger partial charge in [0.05, 0.1) is 27.7 Å². The van der Waals surface area contributed by atoms with Crippen molar-refractivity contribution in [2.45, 2.75) is 84.0 Å². The molecule has 0 heterocycles.